The number of aromatic amines is 1. The normalized spacial score (nSPS) is 15.4. The van der Waals surface area contributed by atoms with Gasteiger partial charge < -0.3 is 24.7 Å². The summed E-state index contributed by atoms with van der Waals surface area (Å²) in [5.41, 5.74) is 1.56. The third-order valence-electron chi connectivity index (χ3n) is 4.06. The molecule has 7 nitrogen and oxygen atoms in total. The molecule has 1 aliphatic rings. The van der Waals surface area contributed by atoms with Crippen LogP contribution in [-0.4, -0.2) is 56.3 Å². The number of para-hydroxylation sites is 1. The number of amides is 1. The summed E-state index contributed by atoms with van der Waals surface area (Å²) in [5, 5.41) is 3.68. The zero-order valence-electron chi connectivity index (χ0n) is 13.7. The Bertz CT molecular complexity index is 735. The Labute approximate surface area is 139 Å². The van der Waals surface area contributed by atoms with Gasteiger partial charge >= 0.3 is 5.97 Å². The molecule has 2 aromatic rings. The van der Waals surface area contributed by atoms with Gasteiger partial charge in [0.15, 0.2) is 6.54 Å². The molecule has 0 atom stereocenters. The largest absolute Gasteiger partial charge is 0.461 e. The molecule has 7 heteroatoms. The summed E-state index contributed by atoms with van der Waals surface area (Å²) in [5.74, 6) is -0.593. The van der Waals surface area contributed by atoms with Crippen LogP contribution in [0.25, 0.3) is 10.9 Å². The molecule has 1 aliphatic heterocycles. The first-order valence-electron chi connectivity index (χ1n) is 8.18. The number of carbonyl (C=O) groups is 2. The molecule has 2 heterocycles. The van der Waals surface area contributed by atoms with Crippen molar-refractivity contribution in [2.24, 2.45) is 0 Å². The van der Waals surface area contributed by atoms with Crippen molar-refractivity contribution in [3.05, 3.63) is 30.0 Å². The van der Waals surface area contributed by atoms with Gasteiger partial charge in [0.1, 0.15) is 18.8 Å². The summed E-state index contributed by atoms with van der Waals surface area (Å²) >= 11 is 0. The van der Waals surface area contributed by atoms with Crippen molar-refractivity contribution in [1.82, 2.24) is 4.98 Å². The van der Waals surface area contributed by atoms with E-state index in [1.165, 1.54) is 4.90 Å². The van der Waals surface area contributed by atoms with Gasteiger partial charge in [-0.3, -0.25) is 4.79 Å². The zero-order valence-corrected chi connectivity index (χ0v) is 13.7. The smallest absolute Gasteiger partial charge is 0.356 e. The van der Waals surface area contributed by atoms with E-state index in [0.29, 0.717) is 25.4 Å². The van der Waals surface area contributed by atoms with Crippen LogP contribution in [0.1, 0.15) is 17.4 Å². The fourth-order valence-electron chi connectivity index (χ4n) is 2.88. The highest BCUT2D eigenvalue weighted by molar-refractivity contribution is 6.11. The number of H-pyrrole nitrogens is 1. The van der Waals surface area contributed by atoms with Crippen LogP contribution in [0.15, 0.2) is 24.3 Å². The third kappa shape index (κ3) is 3.58. The Morgan fingerprint density at radius 3 is 2.79 bits per heavy atom. The van der Waals surface area contributed by atoms with Crippen molar-refractivity contribution in [3.63, 3.8) is 0 Å². The number of ether oxygens (including phenoxy) is 2. The Balaban J connectivity index is 1.82. The highest BCUT2D eigenvalue weighted by Crippen LogP contribution is 2.28. The van der Waals surface area contributed by atoms with Crippen LogP contribution in [-0.2, 0) is 14.3 Å². The molecule has 0 bridgehead atoms. The maximum Gasteiger partial charge on any atom is 0.356 e. The monoisotopic (exact) mass is 332 g/mol. The van der Waals surface area contributed by atoms with Gasteiger partial charge in [-0.15, -0.1) is 0 Å². The zero-order chi connectivity index (χ0) is 16.9. The highest BCUT2D eigenvalue weighted by Gasteiger charge is 2.23. The van der Waals surface area contributed by atoms with Crippen molar-refractivity contribution in [2.45, 2.75) is 6.92 Å². The Morgan fingerprint density at radius 1 is 1.29 bits per heavy atom. The molecule has 1 fully saturated rings. The van der Waals surface area contributed by atoms with E-state index >= 15 is 0 Å². The summed E-state index contributed by atoms with van der Waals surface area (Å²) in [6, 6.07) is 7.47. The first kappa shape index (κ1) is 16.5. The van der Waals surface area contributed by atoms with Crippen LogP contribution in [0, 0.1) is 0 Å². The first-order chi connectivity index (χ1) is 11.7. The number of aromatic nitrogens is 1. The molecular weight excluding hydrogens is 310 g/mol. The second-order valence-corrected chi connectivity index (χ2v) is 5.73. The Hall–Kier alpha value is -2.38. The van der Waals surface area contributed by atoms with Gasteiger partial charge in [0.25, 0.3) is 5.91 Å². The number of rotatable bonds is 5. The number of hydrogen-bond donors (Lipinski definition) is 3. The number of hydrogen-bond acceptors (Lipinski definition) is 4. The molecule has 1 amide bonds. The fraction of sp³-hybridized carbons (Fsp3) is 0.412. The van der Waals surface area contributed by atoms with Crippen LogP contribution in [0.4, 0.5) is 5.69 Å². The van der Waals surface area contributed by atoms with Gasteiger partial charge in [-0.2, -0.15) is 0 Å². The average molecular weight is 332 g/mol. The number of benzene rings is 1. The molecule has 1 aromatic carbocycles. The molecular formula is C17H22N3O4+. The van der Waals surface area contributed by atoms with E-state index in [4.69, 9.17) is 9.47 Å². The molecule has 0 aliphatic carbocycles. The maximum atomic E-state index is 12.4. The van der Waals surface area contributed by atoms with Gasteiger partial charge in [0, 0.05) is 10.9 Å². The molecule has 128 valence electrons. The van der Waals surface area contributed by atoms with Crippen molar-refractivity contribution >= 4 is 28.5 Å². The number of fused-ring (bicyclic) bond motifs is 1. The molecule has 0 saturated carbocycles. The van der Waals surface area contributed by atoms with Crippen LogP contribution < -0.4 is 10.2 Å². The van der Waals surface area contributed by atoms with Gasteiger partial charge in [-0.1, -0.05) is 18.2 Å². The number of esters is 1. The SMILES string of the molecule is CCOC(=O)c1[nH]c2ccccc2c1NC(=O)C[NH+]1CCOCC1. The lowest BCUT2D eigenvalue weighted by molar-refractivity contribution is -0.899. The molecule has 24 heavy (non-hydrogen) atoms. The van der Waals surface area contributed by atoms with E-state index in [1.54, 1.807) is 6.92 Å². The molecule has 0 unspecified atom stereocenters. The van der Waals surface area contributed by atoms with E-state index in [2.05, 4.69) is 10.3 Å². The van der Waals surface area contributed by atoms with E-state index in [9.17, 15) is 9.59 Å². The summed E-state index contributed by atoms with van der Waals surface area (Å²) < 4.78 is 10.4. The highest BCUT2D eigenvalue weighted by atomic mass is 16.5. The number of carbonyl (C=O) groups excluding carboxylic acids is 2. The molecule has 0 spiro atoms. The minimum Gasteiger partial charge on any atom is -0.461 e. The van der Waals surface area contributed by atoms with Crippen LogP contribution >= 0.6 is 0 Å². The number of nitrogens with one attached hydrogen (secondary N) is 3. The van der Waals surface area contributed by atoms with Crippen molar-refractivity contribution < 1.29 is 24.0 Å². The second-order valence-electron chi connectivity index (χ2n) is 5.73. The molecule has 1 saturated heterocycles. The standard InChI is InChI=1S/C17H21N3O4/c1-2-24-17(22)16-15(12-5-3-4-6-13(12)18-16)19-14(21)11-20-7-9-23-10-8-20/h3-6,18H,2,7-11H2,1H3,(H,19,21)/p+1. The molecule has 1 aromatic heterocycles. The number of quaternary nitrogens is 1. The van der Waals surface area contributed by atoms with Gasteiger partial charge in [0.05, 0.1) is 25.5 Å². The van der Waals surface area contributed by atoms with Crippen LogP contribution in [0.5, 0.6) is 0 Å². The quantitative estimate of drug-likeness (QED) is 0.683. The summed E-state index contributed by atoms with van der Waals surface area (Å²) in [7, 11) is 0. The molecule has 3 rings (SSSR count). The predicted molar refractivity (Wildman–Crippen MR) is 89.3 cm³/mol. The minimum atomic E-state index is -0.470. The molecule has 0 radical (unpaired) electrons. The van der Waals surface area contributed by atoms with Gasteiger partial charge in [-0.05, 0) is 13.0 Å². The van der Waals surface area contributed by atoms with Crippen molar-refractivity contribution in [1.29, 1.82) is 0 Å². The minimum absolute atomic E-state index is 0.123. The van der Waals surface area contributed by atoms with Crippen LogP contribution in [0.3, 0.4) is 0 Å². The Morgan fingerprint density at radius 2 is 2.04 bits per heavy atom. The van der Waals surface area contributed by atoms with Gasteiger partial charge in [0.2, 0.25) is 0 Å². The lowest BCUT2D eigenvalue weighted by Gasteiger charge is -2.23. The Kier molecular flexibility index (Phi) is 5.12. The topological polar surface area (TPSA) is 84.9 Å². The van der Waals surface area contributed by atoms with E-state index in [0.717, 1.165) is 24.0 Å². The molecule has 3 N–H and O–H groups in total. The van der Waals surface area contributed by atoms with E-state index < -0.39 is 5.97 Å². The lowest BCUT2D eigenvalue weighted by Crippen LogP contribution is -3.15. The third-order valence-corrected chi connectivity index (χ3v) is 4.06. The maximum absolute atomic E-state index is 12.4. The van der Waals surface area contributed by atoms with Crippen LogP contribution in [0.2, 0.25) is 0 Å². The summed E-state index contributed by atoms with van der Waals surface area (Å²) in [4.78, 5) is 28.8. The first-order valence-corrected chi connectivity index (χ1v) is 8.18. The average Bonchev–Trinajstić information content (AvgIpc) is 2.95. The van der Waals surface area contributed by atoms with Crippen molar-refractivity contribution in [2.75, 3.05) is 44.8 Å². The second kappa shape index (κ2) is 7.46. The van der Waals surface area contributed by atoms with Gasteiger partial charge in [-0.25, -0.2) is 4.79 Å². The fourth-order valence-corrected chi connectivity index (χ4v) is 2.88. The van der Waals surface area contributed by atoms with Crippen molar-refractivity contribution in [3.8, 4) is 0 Å². The lowest BCUT2D eigenvalue weighted by atomic mass is 10.2. The number of morpholine rings is 1. The van der Waals surface area contributed by atoms with E-state index in [1.807, 2.05) is 24.3 Å². The summed E-state index contributed by atoms with van der Waals surface area (Å²) in [6.07, 6.45) is 0. The number of anilines is 1. The predicted octanol–water partition coefficient (Wildman–Crippen LogP) is 0.198. The van der Waals surface area contributed by atoms with E-state index in [-0.39, 0.29) is 18.2 Å². The summed E-state index contributed by atoms with van der Waals surface area (Å²) in [6.45, 7) is 5.34.